The van der Waals surface area contributed by atoms with Crippen LogP contribution in [0, 0.1) is 12.7 Å². The molecule has 0 radical (unpaired) electrons. The van der Waals surface area contributed by atoms with E-state index in [2.05, 4.69) is 15.5 Å². The summed E-state index contributed by atoms with van der Waals surface area (Å²) >= 11 is 0. The van der Waals surface area contributed by atoms with Gasteiger partial charge in [0.05, 0.1) is 0 Å². The second-order valence-corrected chi connectivity index (χ2v) is 3.76. The van der Waals surface area contributed by atoms with Gasteiger partial charge in [-0.15, -0.1) is 10.2 Å². The molecular weight excluding hydrogens is 237 g/mol. The van der Waals surface area contributed by atoms with Crippen LogP contribution in [0.2, 0.25) is 0 Å². The van der Waals surface area contributed by atoms with E-state index in [0.29, 0.717) is 6.54 Å². The molecule has 0 saturated carbocycles. The van der Waals surface area contributed by atoms with Crippen LogP contribution in [0.25, 0.3) is 0 Å². The van der Waals surface area contributed by atoms with Crippen molar-refractivity contribution < 1.29 is 4.39 Å². The van der Waals surface area contributed by atoms with Crippen molar-refractivity contribution >= 4 is 5.95 Å². The number of benzene rings is 1. The second-order valence-electron chi connectivity index (χ2n) is 3.76. The first-order valence-electron chi connectivity index (χ1n) is 5.27. The molecule has 0 amide bonds. The Morgan fingerprint density at radius 3 is 2.67 bits per heavy atom. The Labute approximate surface area is 102 Å². The van der Waals surface area contributed by atoms with Crippen molar-refractivity contribution in [2.24, 2.45) is 0 Å². The Kier molecular flexibility index (Phi) is 3.22. The fourth-order valence-corrected chi connectivity index (χ4v) is 1.39. The highest BCUT2D eigenvalue weighted by molar-refractivity contribution is 5.28. The summed E-state index contributed by atoms with van der Waals surface area (Å²) < 4.78 is 13.6. The average Bonchev–Trinajstić information content (AvgIpc) is 2.37. The smallest absolute Gasteiger partial charge is 0.295 e. The van der Waals surface area contributed by atoms with Crippen molar-refractivity contribution in [1.29, 1.82) is 0 Å². The Hall–Kier alpha value is -2.44. The summed E-state index contributed by atoms with van der Waals surface area (Å²) in [5, 5.41) is 10.3. The summed E-state index contributed by atoms with van der Waals surface area (Å²) in [5.74, 6) is 5.41. The molecule has 2 rings (SSSR count). The Morgan fingerprint density at radius 2 is 2.00 bits per heavy atom. The van der Waals surface area contributed by atoms with Crippen LogP contribution in [0.15, 0.2) is 29.1 Å². The highest BCUT2D eigenvalue weighted by Gasteiger charge is 2.05. The molecule has 18 heavy (non-hydrogen) atoms. The van der Waals surface area contributed by atoms with Crippen LogP contribution in [0.3, 0.4) is 0 Å². The standard InChI is InChI=1S/C11H12FN5O/c1-7-10(18)17(13)11(16-15-7)14-6-8-2-4-9(12)5-3-8/h2-5H,6,13H2,1H3,(H,14,16). The van der Waals surface area contributed by atoms with Crippen molar-refractivity contribution in [3.8, 4) is 0 Å². The Bertz CT molecular complexity index is 608. The summed E-state index contributed by atoms with van der Waals surface area (Å²) in [6.45, 7) is 1.90. The van der Waals surface area contributed by atoms with Crippen LogP contribution in [-0.4, -0.2) is 14.9 Å². The lowest BCUT2D eigenvalue weighted by Gasteiger charge is -2.08. The number of anilines is 1. The summed E-state index contributed by atoms with van der Waals surface area (Å²) in [5.41, 5.74) is 0.655. The first-order valence-corrected chi connectivity index (χ1v) is 5.27. The number of halogens is 1. The Morgan fingerprint density at radius 1 is 1.33 bits per heavy atom. The van der Waals surface area contributed by atoms with Gasteiger partial charge in [-0.25, -0.2) is 4.39 Å². The molecule has 1 heterocycles. The van der Waals surface area contributed by atoms with E-state index >= 15 is 0 Å². The van der Waals surface area contributed by atoms with E-state index in [0.717, 1.165) is 10.2 Å². The van der Waals surface area contributed by atoms with Gasteiger partial charge in [-0.3, -0.25) is 4.79 Å². The zero-order valence-corrected chi connectivity index (χ0v) is 9.72. The number of hydrogen-bond acceptors (Lipinski definition) is 5. The molecule has 94 valence electrons. The number of rotatable bonds is 3. The molecule has 0 fully saturated rings. The van der Waals surface area contributed by atoms with Gasteiger partial charge in [-0.2, -0.15) is 4.68 Å². The van der Waals surface area contributed by atoms with E-state index in [1.165, 1.54) is 19.1 Å². The summed E-state index contributed by atoms with van der Waals surface area (Å²) in [7, 11) is 0. The molecule has 1 aromatic carbocycles. The third-order valence-electron chi connectivity index (χ3n) is 2.42. The molecule has 7 heteroatoms. The maximum Gasteiger partial charge on any atom is 0.295 e. The van der Waals surface area contributed by atoms with Gasteiger partial charge in [0, 0.05) is 6.54 Å². The van der Waals surface area contributed by atoms with E-state index in [4.69, 9.17) is 5.84 Å². The first-order chi connectivity index (χ1) is 8.58. The van der Waals surface area contributed by atoms with Crippen molar-refractivity contribution in [2.45, 2.75) is 13.5 Å². The number of hydrogen-bond donors (Lipinski definition) is 2. The molecule has 0 bridgehead atoms. The minimum absolute atomic E-state index is 0.162. The van der Waals surface area contributed by atoms with Crippen LogP contribution in [0.5, 0.6) is 0 Å². The maximum absolute atomic E-state index is 12.7. The highest BCUT2D eigenvalue weighted by Crippen LogP contribution is 2.05. The predicted octanol–water partition coefficient (Wildman–Crippen LogP) is 0.412. The van der Waals surface area contributed by atoms with Crippen LogP contribution in [0.4, 0.5) is 10.3 Å². The molecule has 0 aliphatic heterocycles. The number of aromatic nitrogens is 3. The molecule has 3 N–H and O–H groups in total. The molecule has 0 aliphatic carbocycles. The number of nitrogen functional groups attached to an aromatic ring is 1. The van der Waals surface area contributed by atoms with Crippen LogP contribution in [-0.2, 0) is 6.54 Å². The zero-order chi connectivity index (χ0) is 13.1. The van der Waals surface area contributed by atoms with Crippen LogP contribution >= 0.6 is 0 Å². The van der Waals surface area contributed by atoms with Gasteiger partial charge in [0.25, 0.3) is 5.56 Å². The minimum atomic E-state index is -0.411. The molecule has 0 aliphatic rings. The molecule has 0 unspecified atom stereocenters. The lowest BCUT2D eigenvalue weighted by atomic mass is 10.2. The maximum atomic E-state index is 12.7. The summed E-state index contributed by atoms with van der Waals surface area (Å²) in [4.78, 5) is 11.5. The lowest BCUT2D eigenvalue weighted by Crippen LogP contribution is -2.33. The van der Waals surface area contributed by atoms with E-state index in [-0.39, 0.29) is 17.5 Å². The molecule has 0 atom stereocenters. The zero-order valence-electron chi connectivity index (χ0n) is 9.72. The number of nitrogens with one attached hydrogen (secondary N) is 1. The molecule has 0 saturated heterocycles. The van der Waals surface area contributed by atoms with Gasteiger partial charge in [0.2, 0.25) is 5.95 Å². The van der Waals surface area contributed by atoms with Gasteiger partial charge in [0.15, 0.2) is 0 Å². The van der Waals surface area contributed by atoms with E-state index < -0.39 is 5.56 Å². The second kappa shape index (κ2) is 4.82. The first kappa shape index (κ1) is 12.0. The summed E-state index contributed by atoms with van der Waals surface area (Å²) in [6.07, 6.45) is 0. The van der Waals surface area contributed by atoms with Gasteiger partial charge in [-0.05, 0) is 24.6 Å². The van der Waals surface area contributed by atoms with Crippen LogP contribution < -0.4 is 16.7 Å². The van der Waals surface area contributed by atoms with Gasteiger partial charge >= 0.3 is 0 Å². The quantitative estimate of drug-likeness (QED) is 0.769. The molecular formula is C11H12FN5O. The van der Waals surface area contributed by atoms with Crippen molar-refractivity contribution in [3.05, 3.63) is 51.7 Å². The fraction of sp³-hybridized carbons (Fsp3) is 0.182. The number of aryl methyl sites for hydroxylation is 1. The monoisotopic (exact) mass is 249 g/mol. The molecule has 0 spiro atoms. The Balaban J connectivity index is 2.13. The summed E-state index contributed by atoms with van der Waals surface area (Å²) in [6, 6.07) is 5.96. The predicted molar refractivity (Wildman–Crippen MR) is 64.9 cm³/mol. The van der Waals surface area contributed by atoms with Crippen LogP contribution in [0.1, 0.15) is 11.3 Å². The fourth-order valence-electron chi connectivity index (χ4n) is 1.39. The van der Waals surface area contributed by atoms with Crippen molar-refractivity contribution in [3.63, 3.8) is 0 Å². The topological polar surface area (TPSA) is 85.8 Å². The van der Waals surface area contributed by atoms with E-state index in [9.17, 15) is 9.18 Å². The van der Waals surface area contributed by atoms with E-state index in [1.54, 1.807) is 12.1 Å². The van der Waals surface area contributed by atoms with Gasteiger partial charge < -0.3 is 11.2 Å². The van der Waals surface area contributed by atoms with Crippen molar-refractivity contribution in [2.75, 3.05) is 11.2 Å². The number of nitrogens with zero attached hydrogens (tertiary/aromatic N) is 3. The number of nitrogens with two attached hydrogens (primary N) is 1. The molecule has 2 aromatic rings. The average molecular weight is 249 g/mol. The minimum Gasteiger partial charge on any atom is -0.349 e. The third kappa shape index (κ3) is 2.45. The molecule has 1 aromatic heterocycles. The van der Waals surface area contributed by atoms with Crippen molar-refractivity contribution in [1.82, 2.24) is 14.9 Å². The van der Waals surface area contributed by atoms with Gasteiger partial charge in [-0.1, -0.05) is 12.1 Å². The normalized spacial score (nSPS) is 10.3. The molecule has 6 nitrogen and oxygen atoms in total. The van der Waals surface area contributed by atoms with E-state index in [1.807, 2.05) is 0 Å². The highest BCUT2D eigenvalue weighted by atomic mass is 19.1. The SMILES string of the molecule is Cc1nnc(NCc2ccc(F)cc2)n(N)c1=O. The largest absolute Gasteiger partial charge is 0.349 e. The van der Waals surface area contributed by atoms with Gasteiger partial charge in [0.1, 0.15) is 11.5 Å². The third-order valence-corrected chi connectivity index (χ3v) is 2.42. The lowest BCUT2D eigenvalue weighted by molar-refractivity contribution is 0.627.